The van der Waals surface area contributed by atoms with E-state index < -0.39 is 0 Å². The third-order valence-electron chi connectivity index (χ3n) is 6.72. The number of carbonyl (C=O) groups is 1. The van der Waals surface area contributed by atoms with Gasteiger partial charge in [-0.25, -0.2) is 9.97 Å². The minimum absolute atomic E-state index is 0.280. The van der Waals surface area contributed by atoms with E-state index in [1.54, 1.807) is 25.6 Å². The second-order valence-electron chi connectivity index (χ2n) is 8.99. The summed E-state index contributed by atoms with van der Waals surface area (Å²) in [6, 6.07) is 15.6. The van der Waals surface area contributed by atoms with Gasteiger partial charge in [-0.15, -0.1) is 0 Å². The second kappa shape index (κ2) is 11.3. The zero-order valence-electron chi connectivity index (χ0n) is 21.6. The molecular formula is C29H31N7O2. The monoisotopic (exact) mass is 509 g/mol. The first-order valence-corrected chi connectivity index (χ1v) is 12.7. The standard InChI is InChI=1S/C29H31N7O2/c1-4-27(37)32-21-11-12-30-25(17-21)23-8-6-7-20-19-31-29(34-28(20)23)33-24-10-9-22(18-26(24)38-3)36-15-13-35(5-2)14-16-36/h4,6-12,17-19H,1,5,13-16H2,2-3H3,(H,30,32,37)(H,31,33,34). The molecule has 3 heterocycles. The van der Waals surface area contributed by atoms with Gasteiger partial charge in [-0.05, 0) is 36.9 Å². The van der Waals surface area contributed by atoms with Crippen LogP contribution in [0.15, 0.2) is 73.6 Å². The summed E-state index contributed by atoms with van der Waals surface area (Å²) in [6.07, 6.45) is 4.67. The largest absolute Gasteiger partial charge is 0.494 e. The molecule has 0 saturated carbocycles. The van der Waals surface area contributed by atoms with E-state index in [-0.39, 0.29) is 5.91 Å². The Hall–Kier alpha value is -4.50. The topological polar surface area (TPSA) is 95.5 Å². The van der Waals surface area contributed by atoms with Gasteiger partial charge in [0.2, 0.25) is 11.9 Å². The second-order valence-corrected chi connectivity index (χ2v) is 8.99. The Bertz CT molecular complexity index is 1460. The number of methoxy groups -OCH3 is 1. The van der Waals surface area contributed by atoms with Gasteiger partial charge in [-0.3, -0.25) is 9.78 Å². The van der Waals surface area contributed by atoms with Crippen LogP contribution >= 0.6 is 0 Å². The number of piperazine rings is 1. The lowest BCUT2D eigenvalue weighted by Gasteiger charge is -2.35. The number of likely N-dealkylation sites (N-methyl/N-ethyl adjacent to an activating group) is 1. The van der Waals surface area contributed by atoms with Gasteiger partial charge < -0.3 is 25.2 Å². The fourth-order valence-corrected chi connectivity index (χ4v) is 4.59. The van der Waals surface area contributed by atoms with E-state index in [4.69, 9.17) is 9.72 Å². The van der Waals surface area contributed by atoms with Gasteiger partial charge in [-0.2, -0.15) is 0 Å². The van der Waals surface area contributed by atoms with E-state index in [1.165, 1.54) is 6.08 Å². The number of ether oxygens (including phenoxy) is 1. The van der Waals surface area contributed by atoms with Crippen LogP contribution in [0.3, 0.4) is 0 Å². The maximum Gasteiger partial charge on any atom is 0.247 e. The minimum atomic E-state index is -0.280. The van der Waals surface area contributed by atoms with Gasteiger partial charge in [0.15, 0.2) is 0 Å². The third-order valence-corrected chi connectivity index (χ3v) is 6.72. The molecule has 9 heteroatoms. The summed E-state index contributed by atoms with van der Waals surface area (Å²) in [7, 11) is 1.67. The van der Waals surface area contributed by atoms with Crippen LogP contribution < -0.4 is 20.3 Å². The molecule has 0 radical (unpaired) electrons. The van der Waals surface area contributed by atoms with Crippen molar-refractivity contribution >= 4 is 39.8 Å². The summed E-state index contributed by atoms with van der Waals surface area (Å²) in [5.41, 5.74) is 4.81. The van der Waals surface area contributed by atoms with Crippen molar-refractivity contribution in [3.05, 3.63) is 73.6 Å². The van der Waals surface area contributed by atoms with E-state index in [9.17, 15) is 4.79 Å². The number of benzene rings is 2. The first-order chi connectivity index (χ1) is 18.6. The van der Waals surface area contributed by atoms with Crippen LogP contribution in [-0.2, 0) is 4.79 Å². The molecule has 2 N–H and O–H groups in total. The van der Waals surface area contributed by atoms with Gasteiger partial charge in [0, 0.05) is 67.0 Å². The number of para-hydroxylation sites is 1. The van der Waals surface area contributed by atoms with E-state index in [0.717, 1.165) is 66.3 Å². The van der Waals surface area contributed by atoms with Crippen LogP contribution in [0.25, 0.3) is 22.2 Å². The van der Waals surface area contributed by atoms with Crippen molar-refractivity contribution in [1.29, 1.82) is 0 Å². The zero-order valence-corrected chi connectivity index (χ0v) is 21.6. The van der Waals surface area contributed by atoms with E-state index in [1.807, 2.05) is 30.3 Å². The Labute approximate surface area is 222 Å². The predicted octanol–water partition coefficient (Wildman–Crippen LogP) is 4.71. The number of rotatable bonds is 8. The molecule has 0 atom stereocenters. The van der Waals surface area contributed by atoms with Crippen molar-refractivity contribution in [2.75, 3.05) is 55.4 Å². The van der Waals surface area contributed by atoms with E-state index >= 15 is 0 Å². The maximum atomic E-state index is 11.8. The van der Waals surface area contributed by atoms with Crippen molar-refractivity contribution in [2.24, 2.45) is 0 Å². The zero-order chi connectivity index (χ0) is 26.5. The molecule has 194 valence electrons. The van der Waals surface area contributed by atoms with Gasteiger partial charge in [0.1, 0.15) is 5.75 Å². The molecule has 0 spiro atoms. The highest BCUT2D eigenvalue weighted by molar-refractivity contribution is 5.99. The molecule has 2 aromatic heterocycles. The number of aromatic nitrogens is 3. The number of fused-ring (bicyclic) bond motifs is 1. The molecular weight excluding hydrogens is 478 g/mol. The van der Waals surface area contributed by atoms with Crippen molar-refractivity contribution in [3.8, 4) is 17.0 Å². The first kappa shape index (κ1) is 25.2. The van der Waals surface area contributed by atoms with Gasteiger partial charge in [0.05, 0.1) is 24.0 Å². The molecule has 2 aromatic carbocycles. The molecule has 1 aliphatic rings. The molecule has 0 unspecified atom stereocenters. The number of hydrogen-bond donors (Lipinski definition) is 2. The molecule has 1 saturated heterocycles. The number of anilines is 4. The Balaban J connectivity index is 1.42. The normalized spacial score (nSPS) is 13.8. The fourth-order valence-electron chi connectivity index (χ4n) is 4.59. The van der Waals surface area contributed by atoms with Crippen molar-refractivity contribution in [2.45, 2.75) is 6.92 Å². The average Bonchev–Trinajstić information content (AvgIpc) is 2.97. The molecule has 0 aliphatic carbocycles. The molecule has 0 bridgehead atoms. The highest BCUT2D eigenvalue weighted by atomic mass is 16.5. The summed E-state index contributed by atoms with van der Waals surface area (Å²) in [4.78, 5) is 30.5. The maximum absolute atomic E-state index is 11.8. The Morgan fingerprint density at radius 1 is 1.11 bits per heavy atom. The lowest BCUT2D eigenvalue weighted by atomic mass is 10.1. The van der Waals surface area contributed by atoms with Crippen LogP contribution in [0.4, 0.5) is 23.0 Å². The minimum Gasteiger partial charge on any atom is -0.494 e. The highest BCUT2D eigenvalue weighted by Crippen LogP contribution is 2.33. The fraction of sp³-hybridized carbons (Fsp3) is 0.241. The van der Waals surface area contributed by atoms with Crippen LogP contribution in [0, 0.1) is 0 Å². The van der Waals surface area contributed by atoms with Crippen molar-refractivity contribution < 1.29 is 9.53 Å². The lowest BCUT2D eigenvalue weighted by molar-refractivity contribution is -0.111. The van der Waals surface area contributed by atoms with Gasteiger partial charge in [-0.1, -0.05) is 31.7 Å². The van der Waals surface area contributed by atoms with Gasteiger partial charge >= 0.3 is 0 Å². The lowest BCUT2D eigenvalue weighted by Crippen LogP contribution is -2.46. The van der Waals surface area contributed by atoms with Crippen LogP contribution in [0.5, 0.6) is 5.75 Å². The summed E-state index contributed by atoms with van der Waals surface area (Å²) >= 11 is 0. The summed E-state index contributed by atoms with van der Waals surface area (Å²) in [6.45, 7) is 10.9. The molecule has 1 amide bonds. The van der Waals surface area contributed by atoms with Crippen LogP contribution in [-0.4, -0.2) is 65.6 Å². The molecule has 9 nitrogen and oxygen atoms in total. The predicted molar refractivity (Wildman–Crippen MR) is 152 cm³/mol. The SMILES string of the molecule is C=CC(=O)Nc1ccnc(-c2cccc3cnc(Nc4ccc(N5CCN(CC)CC5)cc4OC)nc23)c1. The summed E-state index contributed by atoms with van der Waals surface area (Å²) < 4.78 is 5.72. The molecule has 1 fully saturated rings. The number of nitrogens with one attached hydrogen (secondary N) is 2. The van der Waals surface area contributed by atoms with E-state index in [2.05, 4.69) is 56.0 Å². The number of hydrogen-bond acceptors (Lipinski definition) is 8. The number of carbonyl (C=O) groups excluding carboxylic acids is 1. The van der Waals surface area contributed by atoms with Crippen molar-refractivity contribution in [3.63, 3.8) is 0 Å². The Morgan fingerprint density at radius 2 is 1.95 bits per heavy atom. The van der Waals surface area contributed by atoms with Crippen molar-refractivity contribution in [1.82, 2.24) is 19.9 Å². The third kappa shape index (κ3) is 5.42. The smallest absolute Gasteiger partial charge is 0.247 e. The highest BCUT2D eigenvalue weighted by Gasteiger charge is 2.18. The molecule has 1 aliphatic heterocycles. The average molecular weight is 510 g/mol. The van der Waals surface area contributed by atoms with Crippen LogP contribution in [0.1, 0.15) is 6.92 Å². The molecule has 5 rings (SSSR count). The number of pyridine rings is 1. The summed E-state index contributed by atoms with van der Waals surface area (Å²) in [5, 5.41) is 6.98. The van der Waals surface area contributed by atoms with Gasteiger partial charge in [0.25, 0.3) is 0 Å². The number of nitrogens with zero attached hydrogens (tertiary/aromatic N) is 5. The quantitative estimate of drug-likeness (QED) is 0.330. The first-order valence-electron chi connectivity index (χ1n) is 12.7. The molecule has 4 aromatic rings. The summed E-state index contributed by atoms with van der Waals surface area (Å²) in [5.74, 6) is 0.894. The number of amides is 1. The van der Waals surface area contributed by atoms with E-state index in [0.29, 0.717) is 17.3 Å². The molecule has 38 heavy (non-hydrogen) atoms. The Morgan fingerprint density at radius 3 is 2.71 bits per heavy atom. The Kier molecular flexibility index (Phi) is 7.46. The van der Waals surface area contributed by atoms with Crippen LogP contribution in [0.2, 0.25) is 0 Å².